The molecule has 142 valence electrons. The van der Waals surface area contributed by atoms with Gasteiger partial charge in [-0.05, 0) is 44.2 Å². The maximum Gasteiger partial charge on any atom is 0.409 e. The van der Waals surface area contributed by atoms with Crippen molar-refractivity contribution in [2.24, 2.45) is 5.41 Å². The number of likely N-dealkylation sites (tertiary alicyclic amines) is 1. The van der Waals surface area contributed by atoms with E-state index in [1.165, 1.54) is 11.1 Å². The molecule has 26 heavy (non-hydrogen) atoms. The summed E-state index contributed by atoms with van der Waals surface area (Å²) in [6, 6.07) is 8.36. The van der Waals surface area contributed by atoms with Gasteiger partial charge in [-0.2, -0.15) is 0 Å². The fourth-order valence-corrected chi connectivity index (χ4v) is 4.03. The first kappa shape index (κ1) is 18.7. The van der Waals surface area contributed by atoms with Crippen molar-refractivity contribution in [1.29, 1.82) is 0 Å². The molecule has 1 aromatic rings. The molecule has 0 aromatic heterocycles. The summed E-state index contributed by atoms with van der Waals surface area (Å²) < 4.78 is 17.1. The van der Waals surface area contributed by atoms with E-state index in [2.05, 4.69) is 12.1 Å². The number of halogens is 1. The fraction of sp³-hybridized carbons (Fsp3) is 0.600. The van der Waals surface area contributed by atoms with Gasteiger partial charge in [-0.25, -0.2) is 9.18 Å². The second kappa shape index (κ2) is 7.64. The largest absolute Gasteiger partial charge is 0.447 e. The number of hydrogen-bond donors (Lipinski definition) is 0. The molecule has 0 unspecified atom stereocenters. The molecule has 0 radical (unpaired) electrons. The number of benzene rings is 1. The first-order chi connectivity index (χ1) is 12.5. The lowest BCUT2D eigenvalue weighted by Crippen LogP contribution is -2.52. The number of ether oxygens (including phenoxy) is 1. The highest BCUT2D eigenvalue weighted by Gasteiger charge is 2.46. The van der Waals surface area contributed by atoms with E-state index in [0.717, 1.165) is 0 Å². The molecule has 2 heterocycles. The predicted octanol–water partition coefficient (Wildman–Crippen LogP) is 3.17. The van der Waals surface area contributed by atoms with E-state index in [4.69, 9.17) is 4.74 Å². The fourth-order valence-electron chi connectivity index (χ4n) is 4.03. The zero-order chi connectivity index (χ0) is 18.7. The Morgan fingerprint density at radius 1 is 1.23 bits per heavy atom. The number of alkyl halides is 1. The van der Waals surface area contributed by atoms with Gasteiger partial charge in [0.1, 0.15) is 13.3 Å². The first-order valence-corrected chi connectivity index (χ1v) is 9.32. The third kappa shape index (κ3) is 3.55. The SMILES string of the molecule is CC(C)N1Cc2ccccc2CC2(CCN(C(=O)OCCF)CC2)C1=O. The van der Waals surface area contributed by atoms with Gasteiger partial charge in [0.15, 0.2) is 0 Å². The van der Waals surface area contributed by atoms with E-state index in [1.54, 1.807) is 4.90 Å². The molecule has 2 aliphatic heterocycles. The van der Waals surface area contributed by atoms with Crippen LogP contribution >= 0.6 is 0 Å². The van der Waals surface area contributed by atoms with E-state index >= 15 is 0 Å². The first-order valence-electron chi connectivity index (χ1n) is 9.32. The summed E-state index contributed by atoms with van der Waals surface area (Å²) in [6.45, 7) is 4.76. The summed E-state index contributed by atoms with van der Waals surface area (Å²) >= 11 is 0. The molecule has 0 N–H and O–H groups in total. The molecule has 0 bridgehead atoms. The van der Waals surface area contributed by atoms with Crippen molar-refractivity contribution >= 4 is 12.0 Å². The third-order valence-electron chi connectivity index (χ3n) is 5.61. The Labute approximate surface area is 154 Å². The number of carbonyl (C=O) groups is 2. The Hall–Kier alpha value is -2.11. The summed E-state index contributed by atoms with van der Waals surface area (Å²) in [5, 5.41) is 0. The van der Waals surface area contributed by atoms with Gasteiger partial charge in [0.05, 0.1) is 5.41 Å². The minimum Gasteiger partial charge on any atom is -0.447 e. The van der Waals surface area contributed by atoms with Crippen molar-refractivity contribution in [3.8, 4) is 0 Å². The molecule has 6 heteroatoms. The van der Waals surface area contributed by atoms with Crippen molar-refractivity contribution in [3.05, 3.63) is 35.4 Å². The predicted molar refractivity (Wildman–Crippen MR) is 96.4 cm³/mol. The van der Waals surface area contributed by atoms with Crippen molar-refractivity contribution < 1.29 is 18.7 Å². The highest BCUT2D eigenvalue weighted by molar-refractivity contribution is 5.84. The van der Waals surface area contributed by atoms with Crippen LogP contribution in [0.1, 0.15) is 37.8 Å². The maximum absolute atomic E-state index is 13.4. The van der Waals surface area contributed by atoms with E-state index < -0.39 is 18.2 Å². The van der Waals surface area contributed by atoms with E-state index in [1.807, 2.05) is 30.9 Å². The summed E-state index contributed by atoms with van der Waals surface area (Å²) in [5.74, 6) is 0.181. The topological polar surface area (TPSA) is 49.9 Å². The van der Waals surface area contributed by atoms with Gasteiger partial charge in [-0.15, -0.1) is 0 Å². The van der Waals surface area contributed by atoms with Crippen LogP contribution in [0.25, 0.3) is 0 Å². The van der Waals surface area contributed by atoms with Gasteiger partial charge >= 0.3 is 6.09 Å². The van der Waals surface area contributed by atoms with Gasteiger partial charge < -0.3 is 14.5 Å². The van der Waals surface area contributed by atoms with Crippen LogP contribution in [0.2, 0.25) is 0 Å². The molecular formula is C20H27FN2O3. The molecule has 1 spiro atoms. The van der Waals surface area contributed by atoms with Crippen LogP contribution in [0.5, 0.6) is 0 Å². The number of fused-ring (bicyclic) bond motifs is 1. The minimum absolute atomic E-state index is 0.123. The van der Waals surface area contributed by atoms with Crippen molar-refractivity contribution in [1.82, 2.24) is 9.80 Å². The Bertz CT molecular complexity index is 669. The Kier molecular flexibility index (Phi) is 5.49. The highest BCUT2D eigenvalue weighted by atomic mass is 19.1. The summed E-state index contributed by atoms with van der Waals surface area (Å²) in [5.41, 5.74) is 1.95. The molecule has 5 nitrogen and oxygen atoms in total. The lowest BCUT2D eigenvalue weighted by atomic mass is 9.73. The molecule has 0 atom stereocenters. The molecule has 0 aliphatic carbocycles. The molecular weight excluding hydrogens is 335 g/mol. The lowest BCUT2D eigenvalue weighted by molar-refractivity contribution is -0.147. The molecule has 3 rings (SSSR count). The summed E-state index contributed by atoms with van der Waals surface area (Å²) in [7, 11) is 0. The Morgan fingerprint density at radius 3 is 2.50 bits per heavy atom. The second-order valence-corrected chi connectivity index (χ2v) is 7.54. The summed E-state index contributed by atoms with van der Waals surface area (Å²) in [6.07, 6.45) is 1.43. The van der Waals surface area contributed by atoms with Crippen LogP contribution in [0.15, 0.2) is 24.3 Å². The number of piperidine rings is 1. The van der Waals surface area contributed by atoms with Crippen LogP contribution in [-0.4, -0.2) is 54.2 Å². The van der Waals surface area contributed by atoms with E-state index in [9.17, 15) is 14.0 Å². The monoisotopic (exact) mass is 362 g/mol. The van der Waals surface area contributed by atoms with E-state index in [0.29, 0.717) is 38.9 Å². The quantitative estimate of drug-likeness (QED) is 0.830. The van der Waals surface area contributed by atoms with Crippen molar-refractivity contribution in [2.45, 2.75) is 45.7 Å². The molecule has 1 fully saturated rings. The smallest absolute Gasteiger partial charge is 0.409 e. The molecule has 0 saturated carbocycles. The number of hydrogen-bond acceptors (Lipinski definition) is 3. The number of carbonyl (C=O) groups excluding carboxylic acids is 2. The molecule has 1 aromatic carbocycles. The standard InChI is InChI=1S/C20H27FN2O3/c1-15(2)23-14-17-6-4-3-5-16(17)13-20(18(23)24)7-10-22(11-8-20)19(25)26-12-9-21/h3-6,15H,7-14H2,1-2H3. The second-order valence-electron chi connectivity index (χ2n) is 7.54. The number of rotatable bonds is 3. The van der Waals surface area contributed by atoms with Gasteiger partial charge in [0, 0.05) is 25.7 Å². The zero-order valence-corrected chi connectivity index (χ0v) is 15.5. The van der Waals surface area contributed by atoms with Gasteiger partial charge in [0.2, 0.25) is 5.91 Å². The Morgan fingerprint density at radius 2 is 1.88 bits per heavy atom. The van der Waals surface area contributed by atoms with Gasteiger partial charge in [-0.3, -0.25) is 4.79 Å². The average molecular weight is 362 g/mol. The number of amides is 2. The number of nitrogens with zero attached hydrogens (tertiary/aromatic N) is 2. The third-order valence-corrected chi connectivity index (χ3v) is 5.61. The van der Waals surface area contributed by atoms with Crippen molar-refractivity contribution in [2.75, 3.05) is 26.4 Å². The van der Waals surface area contributed by atoms with Crippen LogP contribution in [-0.2, 0) is 22.5 Å². The van der Waals surface area contributed by atoms with Gasteiger partial charge in [-0.1, -0.05) is 24.3 Å². The molecule has 2 aliphatic rings. The van der Waals surface area contributed by atoms with Crippen LogP contribution in [0.3, 0.4) is 0 Å². The Balaban J connectivity index is 1.82. The molecule has 1 saturated heterocycles. The lowest BCUT2D eigenvalue weighted by Gasteiger charge is -2.42. The average Bonchev–Trinajstić information content (AvgIpc) is 2.76. The van der Waals surface area contributed by atoms with Crippen LogP contribution < -0.4 is 0 Å². The normalized spacial score (nSPS) is 19.5. The van der Waals surface area contributed by atoms with Crippen molar-refractivity contribution in [3.63, 3.8) is 0 Å². The van der Waals surface area contributed by atoms with Gasteiger partial charge in [0.25, 0.3) is 0 Å². The minimum atomic E-state index is -0.678. The summed E-state index contributed by atoms with van der Waals surface area (Å²) in [4.78, 5) is 29.0. The van der Waals surface area contributed by atoms with E-state index in [-0.39, 0.29) is 18.6 Å². The highest BCUT2D eigenvalue weighted by Crippen LogP contribution is 2.41. The molecule has 2 amide bonds. The van der Waals surface area contributed by atoms with Crippen LogP contribution in [0.4, 0.5) is 9.18 Å². The maximum atomic E-state index is 13.4. The zero-order valence-electron chi connectivity index (χ0n) is 15.5. The van der Waals surface area contributed by atoms with Crippen LogP contribution in [0, 0.1) is 5.41 Å².